The van der Waals surface area contributed by atoms with Gasteiger partial charge in [-0.25, -0.2) is 0 Å². The Morgan fingerprint density at radius 1 is 1.36 bits per heavy atom. The zero-order valence-electron chi connectivity index (χ0n) is 9.16. The third-order valence-electron chi connectivity index (χ3n) is 4.29. The molecule has 3 rings (SSSR count). The fourth-order valence-corrected chi connectivity index (χ4v) is 2.94. The van der Waals surface area contributed by atoms with E-state index in [0.29, 0.717) is 5.92 Å². The molecular formula is C11H21NO2. The molecule has 3 nitrogen and oxygen atoms in total. The van der Waals surface area contributed by atoms with Crippen molar-refractivity contribution >= 4 is 0 Å². The molecule has 3 heteroatoms. The number of piperidine rings is 3. The van der Waals surface area contributed by atoms with Gasteiger partial charge in [-0.2, -0.15) is 0 Å². The maximum Gasteiger partial charge on any atom is 0.0875 e. The highest BCUT2D eigenvalue weighted by atomic mass is 16.3. The van der Waals surface area contributed by atoms with Crippen LogP contribution in [0.3, 0.4) is 0 Å². The predicted octanol–water partition coefficient (Wildman–Crippen LogP) is 0.462. The molecule has 0 aromatic heterocycles. The minimum absolute atomic E-state index is 0.0633. The van der Waals surface area contributed by atoms with Gasteiger partial charge in [0.25, 0.3) is 0 Å². The highest BCUT2D eigenvalue weighted by Gasteiger charge is 2.53. The van der Waals surface area contributed by atoms with E-state index < -0.39 is 5.60 Å². The van der Waals surface area contributed by atoms with Crippen molar-refractivity contribution in [3.8, 4) is 0 Å². The molecule has 82 valence electrons. The second kappa shape index (κ2) is 3.19. The van der Waals surface area contributed by atoms with E-state index in [4.69, 9.17) is 0 Å². The Morgan fingerprint density at radius 2 is 1.93 bits per heavy atom. The molecule has 0 saturated carbocycles. The van der Waals surface area contributed by atoms with Gasteiger partial charge >= 0.3 is 0 Å². The maximum atomic E-state index is 10.7. The van der Waals surface area contributed by atoms with Crippen LogP contribution in [0.25, 0.3) is 0 Å². The van der Waals surface area contributed by atoms with E-state index in [2.05, 4.69) is 4.90 Å². The van der Waals surface area contributed by atoms with Crippen LogP contribution in [-0.2, 0) is 0 Å². The Kier molecular flexibility index (Phi) is 2.37. The van der Waals surface area contributed by atoms with E-state index in [1.807, 2.05) is 13.8 Å². The normalized spacial score (nSPS) is 42.9. The summed E-state index contributed by atoms with van der Waals surface area (Å²) in [5, 5.41) is 20.0. The van der Waals surface area contributed by atoms with Gasteiger partial charge in [-0.3, -0.25) is 0 Å². The molecule has 14 heavy (non-hydrogen) atoms. The lowest BCUT2D eigenvalue weighted by atomic mass is 9.62. The monoisotopic (exact) mass is 199 g/mol. The number of hydrogen-bond acceptors (Lipinski definition) is 3. The summed E-state index contributed by atoms with van der Waals surface area (Å²) in [6.45, 7) is 6.98. The minimum Gasteiger partial charge on any atom is -0.396 e. The van der Waals surface area contributed by atoms with E-state index in [0.717, 1.165) is 32.5 Å². The SMILES string of the molecule is CC(C)(CO)C1(O)CN2CCC1CC2. The van der Waals surface area contributed by atoms with Gasteiger partial charge in [-0.05, 0) is 31.8 Å². The topological polar surface area (TPSA) is 43.7 Å². The molecule has 0 aromatic rings. The first-order valence-corrected chi connectivity index (χ1v) is 5.55. The summed E-state index contributed by atoms with van der Waals surface area (Å²) in [4.78, 5) is 2.32. The lowest BCUT2D eigenvalue weighted by Crippen LogP contribution is -2.66. The first-order chi connectivity index (χ1) is 6.49. The van der Waals surface area contributed by atoms with Crippen LogP contribution in [0.5, 0.6) is 0 Å². The predicted molar refractivity (Wildman–Crippen MR) is 55.0 cm³/mol. The number of aliphatic hydroxyl groups is 2. The molecule has 0 aliphatic carbocycles. The Labute approximate surface area is 85.7 Å². The number of rotatable bonds is 2. The Balaban J connectivity index is 2.23. The van der Waals surface area contributed by atoms with Crippen molar-refractivity contribution in [1.82, 2.24) is 4.90 Å². The molecule has 2 bridgehead atoms. The first kappa shape index (κ1) is 10.4. The van der Waals surface area contributed by atoms with Crippen molar-refractivity contribution in [1.29, 1.82) is 0 Å². The van der Waals surface area contributed by atoms with Crippen LogP contribution >= 0.6 is 0 Å². The smallest absolute Gasteiger partial charge is 0.0875 e. The highest BCUT2D eigenvalue weighted by Crippen LogP contribution is 2.45. The quantitative estimate of drug-likeness (QED) is 0.679. The average molecular weight is 199 g/mol. The van der Waals surface area contributed by atoms with Crippen molar-refractivity contribution in [2.75, 3.05) is 26.2 Å². The highest BCUT2D eigenvalue weighted by molar-refractivity contribution is 5.05. The van der Waals surface area contributed by atoms with Crippen LogP contribution in [0.4, 0.5) is 0 Å². The maximum absolute atomic E-state index is 10.7. The van der Waals surface area contributed by atoms with E-state index in [1.165, 1.54) is 0 Å². The van der Waals surface area contributed by atoms with Crippen LogP contribution in [0.1, 0.15) is 26.7 Å². The van der Waals surface area contributed by atoms with Crippen LogP contribution < -0.4 is 0 Å². The number of aliphatic hydroxyl groups excluding tert-OH is 1. The third-order valence-corrected chi connectivity index (χ3v) is 4.29. The van der Waals surface area contributed by atoms with Crippen molar-refractivity contribution in [3.63, 3.8) is 0 Å². The molecule has 3 fully saturated rings. The Bertz CT molecular complexity index is 221. The zero-order chi connectivity index (χ0) is 10.4. The molecule has 1 unspecified atom stereocenters. The fourth-order valence-electron chi connectivity index (χ4n) is 2.94. The fraction of sp³-hybridized carbons (Fsp3) is 1.00. The standard InChI is InChI=1S/C11H21NO2/c1-10(2,8-13)11(14)7-12-5-3-9(11)4-6-12/h9,13-14H,3-8H2,1-2H3. The summed E-state index contributed by atoms with van der Waals surface area (Å²) in [7, 11) is 0. The van der Waals surface area contributed by atoms with Gasteiger partial charge in [0.15, 0.2) is 0 Å². The van der Waals surface area contributed by atoms with Crippen LogP contribution in [0.2, 0.25) is 0 Å². The molecule has 3 heterocycles. The summed E-state index contributed by atoms with van der Waals surface area (Å²) in [6, 6.07) is 0. The molecule has 0 radical (unpaired) electrons. The van der Waals surface area contributed by atoms with E-state index in [9.17, 15) is 10.2 Å². The molecule has 3 aliphatic rings. The second-order valence-corrected chi connectivity index (χ2v) is 5.52. The van der Waals surface area contributed by atoms with Crippen molar-refractivity contribution in [3.05, 3.63) is 0 Å². The molecule has 2 N–H and O–H groups in total. The summed E-state index contributed by atoms with van der Waals surface area (Å²) in [6.07, 6.45) is 2.17. The van der Waals surface area contributed by atoms with E-state index >= 15 is 0 Å². The van der Waals surface area contributed by atoms with Gasteiger partial charge in [0, 0.05) is 12.0 Å². The molecular weight excluding hydrogens is 178 g/mol. The van der Waals surface area contributed by atoms with Gasteiger partial charge in [0.2, 0.25) is 0 Å². The molecule has 0 amide bonds. The van der Waals surface area contributed by atoms with Crippen molar-refractivity contribution < 1.29 is 10.2 Å². The van der Waals surface area contributed by atoms with Gasteiger partial charge in [-0.15, -0.1) is 0 Å². The summed E-state index contributed by atoms with van der Waals surface area (Å²) in [5.41, 5.74) is -1.06. The molecule has 1 atom stereocenters. The largest absolute Gasteiger partial charge is 0.396 e. The number of hydrogen-bond donors (Lipinski definition) is 2. The summed E-state index contributed by atoms with van der Waals surface area (Å²) in [5.74, 6) is 0.384. The first-order valence-electron chi connectivity index (χ1n) is 5.55. The molecule has 3 saturated heterocycles. The molecule has 0 spiro atoms. The lowest BCUT2D eigenvalue weighted by molar-refractivity contribution is -0.187. The van der Waals surface area contributed by atoms with Crippen molar-refractivity contribution in [2.24, 2.45) is 11.3 Å². The third kappa shape index (κ3) is 1.30. The Morgan fingerprint density at radius 3 is 2.29 bits per heavy atom. The van der Waals surface area contributed by atoms with E-state index in [-0.39, 0.29) is 12.0 Å². The molecule has 3 aliphatic heterocycles. The van der Waals surface area contributed by atoms with Crippen LogP contribution in [0, 0.1) is 11.3 Å². The van der Waals surface area contributed by atoms with Crippen LogP contribution in [0.15, 0.2) is 0 Å². The van der Waals surface area contributed by atoms with Crippen molar-refractivity contribution in [2.45, 2.75) is 32.3 Å². The number of fused-ring (bicyclic) bond motifs is 3. The lowest BCUT2D eigenvalue weighted by Gasteiger charge is -2.56. The number of nitrogens with zero attached hydrogens (tertiary/aromatic N) is 1. The van der Waals surface area contributed by atoms with Crippen LogP contribution in [-0.4, -0.2) is 47.0 Å². The van der Waals surface area contributed by atoms with Gasteiger partial charge in [0.05, 0.1) is 12.2 Å². The summed E-state index contributed by atoms with van der Waals surface area (Å²) >= 11 is 0. The Hall–Kier alpha value is -0.120. The zero-order valence-corrected chi connectivity index (χ0v) is 9.16. The van der Waals surface area contributed by atoms with E-state index in [1.54, 1.807) is 0 Å². The van der Waals surface area contributed by atoms with Gasteiger partial charge < -0.3 is 15.1 Å². The summed E-state index contributed by atoms with van der Waals surface area (Å²) < 4.78 is 0. The minimum atomic E-state index is -0.682. The van der Waals surface area contributed by atoms with Gasteiger partial charge in [0.1, 0.15) is 0 Å². The second-order valence-electron chi connectivity index (χ2n) is 5.52. The van der Waals surface area contributed by atoms with Gasteiger partial charge in [-0.1, -0.05) is 13.8 Å². The molecule has 0 aromatic carbocycles. The average Bonchev–Trinajstić information content (AvgIpc) is 2.19.